The number of hydrogen-bond acceptors (Lipinski definition) is 4. The van der Waals surface area contributed by atoms with Gasteiger partial charge < -0.3 is 9.67 Å². The number of rotatable bonds is 3. The van der Waals surface area contributed by atoms with Crippen LogP contribution in [0, 0.1) is 11.8 Å². The molecule has 5 aromatic rings. The quantitative estimate of drug-likeness (QED) is 0.323. The van der Waals surface area contributed by atoms with E-state index in [1.165, 1.54) is 0 Å². The first-order chi connectivity index (χ1) is 13.7. The molecule has 5 rings (SSSR count). The summed E-state index contributed by atoms with van der Waals surface area (Å²) in [5, 5.41) is 17.7. The van der Waals surface area contributed by atoms with E-state index in [0.717, 1.165) is 22.2 Å². The van der Waals surface area contributed by atoms with Crippen LogP contribution in [0.3, 0.4) is 0 Å². The molecule has 0 radical (unpaired) electrons. The number of phenols is 1. The van der Waals surface area contributed by atoms with Crippen molar-refractivity contribution < 1.29 is 5.11 Å². The summed E-state index contributed by atoms with van der Waals surface area (Å²) in [6.07, 6.45) is 0. The van der Waals surface area contributed by atoms with Gasteiger partial charge in [0, 0.05) is 17.3 Å². The molecule has 1 aromatic heterocycles. The maximum Gasteiger partial charge on any atom is 0.149 e. The molecule has 0 saturated heterocycles. The van der Waals surface area contributed by atoms with E-state index < -0.39 is 0 Å². The first-order valence-corrected chi connectivity index (χ1v) is 9.09. The van der Waals surface area contributed by atoms with Crippen LogP contribution in [0.5, 0.6) is 5.75 Å². The summed E-state index contributed by atoms with van der Waals surface area (Å²) in [5.41, 5.74) is 2.33. The van der Waals surface area contributed by atoms with Crippen LogP contribution >= 0.6 is 0 Å². The molecule has 0 aliphatic rings. The van der Waals surface area contributed by atoms with E-state index in [2.05, 4.69) is 10.2 Å². The number of aromatic nitrogens is 2. The molecule has 0 aliphatic carbocycles. The molecule has 0 bridgehead atoms. The SMILES string of the molecule is Cc1nc2c(N=O)c3cc4ccccc4cc3c(O)c2n1Cc1ccccc1. The maximum absolute atomic E-state index is 11.8. The van der Waals surface area contributed by atoms with E-state index in [9.17, 15) is 10.0 Å². The van der Waals surface area contributed by atoms with E-state index in [1.807, 2.05) is 78.2 Å². The Kier molecular flexibility index (Phi) is 3.62. The second kappa shape index (κ2) is 6.16. The van der Waals surface area contributed by atoms with Crippen LogP contribution < -0.4 is 0 Å². The number of fused-ring (bicyclic) bond motifs is 3. The Balaban J connectivity index is 1.89. The second-order valence-electron chi connectivity index (χ2n) is 6.96. The summed E-state index contributed by atoms with van der Waals surface area (Å²) in [7, 11) is 0. The lowest BCUT2D eigenvalue weighted by Gasteiger charge is -2.11. The zero-order valence-electron chi connectivity index (χ0n) is 15.3. The van der Waals surface area contributed by atoms with E-state index in [1.54, 1.807) is 0 Å². The van der Waals surface area contributed by atoms with E-state index in [-0.39, 0.29) is 11.4 Å². The lowest BCUT2D eigenvalue weighted by atomic mass is 10.0. The number of benzene rings is 4. The summed E-state index contributed by atoms with van der Waals surface area (Å²) in [4.78, 5) is 16.4. The first kappa shape index (κ1) is 16.4. The van der Waals surface area contributed by atoms with E-state index >= 15 is 0 Å². The Bertz CT molecular complexity index is 1370. The molecule has 5 nitrogen and oxygen atoms in total. The lowest BCUT2D eigenvalue weighted by molar-refractivity contribution is 0.484. The van der Waals surface area contributed by atoms with Crippen LogP contribution in [0.2, 0.25) is 0 Å². The maximum atomic E-state index is 11.8. The van der Waals surface area contributed by atoms with E-state index in [0.29, 0.717) is 28.4 Å². The summed E-state index contributed by atoms with van der Waals surface area (Å²) in [6.45, 7) is 2.42. The molecular weight excluding hydrogens is 350 g/mol. The minimum atomic E-state index is 0.125. The van der Waals surface area contributed by atoms with Crippen molar-refractivity contribution >= 4 is 38.3 Å². The number of phenolic OH excluding ortho intramolecular Hbond substituents is 1. The number of hydrogen-bond donors (Lipinski definition) is 1. The predicted octanol–water partition coefficient (Wildman–Crippen LogP) is 5.80. The predicted molar refractivity (Wildman–Crippen MR) is 112 cm³/mol. The first-order valence-electron chi connectivity index (χ1n) is 9.09. The van der Waals surface area contributed by atoms with E-state index in [4.69, 9.17) is 0 Å². The second-order valence-corrected chi connectivity index (χ2v) is 6.96. The van der Waals surface area contributed by atoms with Gasteiger partial charge in [-0.25, -0.2) is 4.98 Å². The molecule has 0 saturated carbocycles. The van der Waals surface area contributed by atoms with Gasteiger partial charge in [-0.3, -0.25) is 0 Å². The molecule has 1 heterocycles. The number of nitroso groups, excluding NO2 is 1. The molecule has 0 spiro atoms. The third-order valence-corrected chi connectivity index (χ3v) is 5.28. The zero-order valence-corrected chi connectivity index (χ0v) is 15.3. The van der Waals surface area contributed by atoms with Gasteiger partial charge >= 0.3 is 0 Å². The van der Waals surface area contributed by atoms with Crippen molar-refractivity contribution in [2.75, 3.05) is 0 Å². The summed E-state index contributed by atoms with van der Waals surface area (Å²) in [5.74, 6) is 0.846. The fourth-order valence-corrected chi connectivity index (χ4v) is 3.91. The van der Waals surface area contributed by atoms with Crippen LogP contribution in [0.25, 0.3) is 32.6 Å². The highest BCUT2D eigenvalue weighted by Gasteiger charge is 2.21. The lowest BCUT2D eigenvalue weighted by Crippen LogP contribution is -2.02. The molecule has 28 heavy (non-hydrogen) atoms. The molecule has 0 aliphatic heterocycles. The Morgan fingerprint density at radius 1 is 0.964 bits per heavy atom. The van der Waals surface area contributed by atoms with Gasteiger partial charge in [-0.05, 0) is 40.6 Å². The van der Waals surface area contributed by atoms with Crippen molar-refractivity contribution in [3.8, 4) is 5.75 Å². The highest BCUT2D eigenvalue weighted by Crippen LogP contribution is 2.43. The third-order valence-electron chi connectivity index (χ3n) is 5.28. The molecule has 1 N–H and O–H groups in total. The minimum Gasteiger partial charge on any atom is -0.505 e. The number of aryl methyl sites for hydroxylation is 1. The topological polar surface area (TPSA) is 67.5 Å². The molecule has 0 unspecified atom stereocenters. The summed E-state index contributed by atoms with van der Waals surface area (Å²) in [6, 6.07) is 21.6. The Morgan fingerprint density at radius 3 is 2.29 bits per heavy atom. The number of imidazole rings is 1. The van der Waals surface area contributed by atoms with Gasteiger partial charge in [-0.2, -0.15) is 0 Å². The van der Waals surface area contributed by atoms with Crippen molar-refractivity contribution in [1.82, 2.24) is 9.55 Å². The van der Waals surface area contributed by atoms with Crippen LogP contribution in [-0.4, -0.2) is 14.7 Å². The molecular formula is C23H17N3O2. The van der Waals surface area contributed by atoms with Crippen molar-refractivity contribution in [2.24, 2.45) is 5.18 Å². The molecule has 0 fully saturated rings. The van der Waals surface area contributed by atoms with Crippen molar-refractivity contribution in [3.63, 3.8) is 0 Å². The fourth-order valence-electron chi connectivity index (χ4n) is 3.91. The third kappa shape index (κ3) is 2.36. The van der Waals surface area contributed by atoms with Gasteiger partial charge in [0.25, 0.3) is 0 Å². The molecule has 4 aromatic carbocycles. The molecule has 0 atom stereocenters. The van der Waals surface area contributed by atoms with Gasteiger partial charge in [-0.1, -0.05) is 54.6 Å². The Morgan fingerprint density at radius 2 is 1.61 bits per heavy atom. The van der Waals surface area contributed by atoms with Crippen LogP contribution in [0.4, 0.5) is 5.69 Å². The van der Waals surface area contributed by atoms with Gasteiger partial charge in [0.2, 0.25) is 0 Å². The fraction of sp³-hybridized carbons (Fsp3) is 0.0870. The van der Waals surface area contributed by atoms with Gasteiger partial charge in [0.05, 0.1) is 0 Å². The smallest absolute Gasteiger partial charge is 0.149 e. The van der Waals surface area contributed by atoms with Crippen molar-refractivity contribution in [2.45, 2.75) is 13.5 Å². The van der Waals surface area contributed by atoms with Gasteiger partial charge in [0.15, 0.2) is 0 Å². The summed E-state index contributed by atoms with van der Waals surface area (Å²) < 4.78 is 1.93. The Hall–Kier alpha value is -3.73. The molecule has 0 amide bonds. The number of aromatic hydroxyl groups is 1. The highest BCUT2D eigenvalue weighted by molar-refractivity contribution is 6.15. The largest absolute Gasteiger partial charge is 0.505 e. The van der Waals surface area contributed by atoms with Gasteiger partial charge in [0.1, 0.15) is 28.3 Å². The average molecular weight is 367 g/mol. The average Bonchev–Trinajstić information content (AvgIpc) is 3.04. The van der Waals surface area contributed by atoms with Crippen LogP contribution in [-0.2, 0) is 6.54 Å². The molecule has 5 heteroatoms. The van der Waals surface area contributed by atoms with Crippen molar-refractivity contribution in [3.05, 3.63) is 83.0 Å². The minimum absolute atomic E-state index is 0.125. The monoisotopic (exact) mass is 367 g/mol. The Labute approximate surface area is 160 Å². The van der Waals surface area contributed by atoms with Crippen molar-refractivity contribution in [1.29, 1.82) is 0 Å². The molecule has 136 valence electrons. The van der Waals surface area contributed by atoms with Crippen LogP contribution in [0.15, 0.2) is 71.9 Å². The number of nitrogens with zero attached hydrogens (tertiary/aromatic N) is 3. The standard InChI is InChI=1S/C23H17N3O2/c1-14-24-21-20(25-28)18-11-16-9-5-6-10-17(16)12-19(18)23(27)22(21)26(14)13-15-7-3-2-4-8-15/h2-12,27H,13H2,1H3. The van der Waals surface area contributed by atoms with Gasteiger partial charge in [-0.15, -0.1) is 4.91 Å². The normalized spacial score (nSPS) is 11.5. The highest BCUT2D eigenvalue weighted by atomic mass is 16.3. The zero-order chi connectivity index (χ0) is 19.3. The summed E-state index contributed by atoms with van der Waals surface area (Å²) >= 11 is 0. The van der Waals surface area contributed by atoms with Crippen LogP contribution in [0.1, 0.15) is 11.4 Å².